The zero-order valence-electron chi connectivity index (χ0n) is 10.9. The van der Waals surface area contributed by atoms with Crippen LogP contribution in [0, 0.1) is 0 Å². The van der Waals surface area contributed by atoms with Crippen LogP contribution in [0.2, 0.25) is 5.02 Å². The Morgan fingerprint density at radius 2 is 1.89 bits per heavy atom. The maximum Gasteiger partial charge on any atom is 0.314 e. The minimum absolute atomic E-state index is 0.152. The van der Waals surface area contributed by atoms with Gasteiger partial charge in [0.05, 0.1) is 10.8 Å². The normalized spacial score (nSPS) is 11.9. The van der Waals surface area contributed by atoms with E-state index in [9.17, 15) is 9.00 Å². The number of amides is 2. The molecular weight excluding hydrogens is 284 g/mol. The minimum atomic E-state index is -0.996. The molecule has 0 heterocycles. The van der Waals surface area contributed by atoms with Crippen LogP contribution in [0.5, 0.6) is 0 Å². The van der Waals surface area contributed by atoms with Crippen molar-refractivity contribution in [2.75, 3.05) is 18.8 Å². The third-order valence-electron chi connectivity index (χ3n) is 2.46. The van der Waals surface area contributed by atoms with Crippen LogP contribution < -0.4 is 10.6 Å². The topological polar surface area (TPSA) is 58.2 Å². The second-order valence-corrected chi connectivity index (χ2v) is 6.00. The lowest BCUT2D eigenvalue weighted by atomic mass is 10.3. The van der Waals surface area contributed by atoms with E-state index in [-0.39, 0.29) is 6.03 Å². The van der Waals surface area contributed by atoms with Crippen molar-refractivity contribution in [3.8, 4) is 0 Å². The lowest BCUT2D eigenvalue weighted by Crippen LogP contribution is -2.35. The van der Waals surface area contributed by atoms with Crippen LogP contribution in [-0.2, 0) is 10.8 Å². The highest BCUT2D eigenvalue weighted by Crippen LogP contribution is 2.13. The van der Waals surface area contributed by atoms with Gasteiger partial charge in [-0.15, -0.1) is 0 Å². The number of urea groups is 1. The molecule has 1 rings (SSSR count). The zero-order chi connectivity index (χ0) is 14.1. The first-order chi connectivity index (χ1) is 9.13. The Bertz CT molecular complexity index is 423. The number of carbonyl (C=O) groups is 1. The molecule has 0 radical (unpaired) electrons. The van der Waals surface area contributed by atoms with E-state index in [2.05, 4.69) is 10.6 Å². The second kappa shape index (κ2) is 8.93. The highest BCUT2D eigenvalue weighted by atomic mass is 35.5. The summed E-state index contributed by atoms with van der Waals surface area (Å²) in [5, 5.41) is 6.04. The van der Waals surface area contributed by atoms with Gasteiger partial charge in [-0.25, -0.2) is 4.79 Å². The predicted octanol–water partition coefficient (Wildman–Crippen LogP) is 2.55. The van der Waals surface area contributed by atoms with Crippen LogP contribution in [0.25, 0.3) is 0 Å². The van der Waals surface area contributed by atoms with Gasteiger partial charge in [0.2, 0.25) is 0 Å². The first-order valence-corrected chi connectivity index (χ1v) is 7.99. The molecular formula is C13H19ClN2O2S. The standard InChI is InChI=1S/C13H19ClN2O2S/c1-2-15-13(17)16-9-3-4-10-19(18)12-7-5-11(14)6-8-12/h5-8H,2-4,9-10H2,1H3,(H2,15,16,17). The lowest BCUT2D eigenvalue weighted by Gasteiger charge is -2.05. The Labute approximate surface area is 121 Å². The average Bonchev–Trinajstić information content (AvgIpc) is 2.39. The SMILES string of the molecule is CCNC(=O)NCCCCS(=O)c1ccc(Cl)cc1. The monoisotopic (exact) mass is 302 g/mol. The molecule has 1 atom stereocenters. The van der Waals surface area contributed by atoms with Crippen molar-refractivity contribution in [1.29, 1.82) is 0 Å². The van der Waals surface area contributed by atoms with Gasteiger partial charge in [0.1, 0.15) is 0 Å². The van der Waals surface area contributed by atoms with Crippen molar-refractivity contribution in [2.45, 2.75) is 24.7 Å². The maximum absolute atomic E-state index is 11.9. The van der Waals surface area contributed by atoms with E-state index in [1.54, 1.807) is 24.3 Å². The summed E-state index contributed by atoms with van der Waals surface area (Å²) in [6.07, 6.45) is 1.62. The molecule has 2 amide bonds. The fourth-order valence-electron chi connectivity index (χ4n) is 1.49. The molecule has 0 spiro atoms. The summed E-state index contributed by atoms with van der Waals surface area (Å²) in [6.45, 7) is 3.09. The smallest absolute Gasteiger partial charge is 0.314 e. The van der Waals surface area contributed by atoms with E-state index in [4.69, 9.17) is 11.6 Å². The van der Waals surface area contributed by atoms with Gasteiger partial charge in [-0.3, -0.25) is 4.21 Å². The average molecular weight is 303 g/mol. The number of unbranched alkanes of at least 4 members (excludes halogenated alkanes) is 1. The predicted molar refractivity (Wildman–Crippen MR) is 79.0 cm³/mol. The van der Waals surface area contributed by atoms with Crippen LogP contribution in [0.4, 0.5) is 4.79 Å². The summed E-state index contributed by atoms with van der Waals surface area (Å²) in [7, 11) is -0.996. The van der Waals surface area contributed by atoms with Gasteiger partial charge in [-0.1, -0.05) is 11.6 Å². The van der Waals surface area contributed by atoms with Crippen molar-refractivity contribution in [1.82, 2.24) is 10.6 Å². The van der Waals surface area contributed by atoms with E-state index >= 15 is 0 Å². The summed E-state index contributed by atoms with van der Waals surface area (Å²) < 4.78 is 11.9. The molecule has 6 heteroatoms. The zero-order valence-corrected chi connectivity index (χ0v) is 12.5. The van der Waals surface area contributed by atoms with Gasteiger partial charge >= 0.3 is 6.03 Å². The van der Waals surface area contributed by atoms with Crippen LogP contribution in [0.15, 0.2) is 29.2 Å². The molecule has 2 N–H and O–H groups in total. The second-order valence-electron chi connectivity index (χ2n) is 4.00. The van der Waals surface area contributed by atoms with Crippen molar-refractivity contribution in [3.05, 3.63) is 29.3 Å². The Hall–Kier alpha value is -1.07. The van der Waals surface area contributed by atoms with Gasteiger partial charge in [0.15, 0.2) is 0 Å². The largest absolute Gasteiger partial charge is 0.338 e. The molecule has 0 saturated heterocycles. The van der Waals surface area contributed by atoms with E-state index in [1.807, 2.05) is 6.92 Å². The van der Waals surface area contributed by atoms with E-state index in [0.717, 1.165) is 17.7 Å². The molecule has 0 aliphatic heterocycles. The third-order valence-corrected chi connectivity index (χ3v) is 4.17. The number of hydrogen-bond donors (Lipinski definition) is 2. The molecule has 106 valence electrons. The molecule has 0 saturated carbocycles. The van der Waals surface area contributed by atoms with Crippen LogP contribution >= 0.6 is 11.6 Å². The number of benzene rings is 1. The van der Waals surface area contributed by atoms with Gasteiger partial charge in [0.25, 0.3) is 0 Å². The Kier molecular flexibility index (Phi) is 7.52. The Morgan fingerprint density at radius 1 is 1.21 bits per heavy atom. The molecule has 1 unspecified atom stereocenters. The highest BCUT2D eigenvalue weighted by Gasteiger charge is 2.03. The summed E-state index contributed by atoms with van der Waals surface area (Å²) >= 11 is 5.77. The maximum atomic E-state index is 11.9. The van der Waals surface area contributed by atoms with Crippen molar-refractivity contribution in [3.63, 3.8) is 0 Å². The summed E-state index contributed by atoms with van der Waals surface area (Å²) in [5.74, 6) is 0.596. The van der Waals surface area contributed by atoms with Gasteiger partial charge in [-0.05, 0) is 44.0 Å². The van der Waals surface area contributed by atoms with E-state index in [0.29, 0.717) is 23.9 Å². The molecule has 0 bridgehead atoms. The molecule has 0 aliphatic carbocycles. The van der Waals surface area contributed by atoms with Gasteiger partial charge in [0, 0.05) is 28.8 Å². The fraction of sp³-hybridized carbons (Fsp3) is 0.462. The van der Waals surface area contributed by atoms with E-state index < -0.39 is 10.8 Å². The molecule has 0 fully saturated rings. The number of hydrogen-bond acceptors (Lipinski definition) is 2. The molecule has 1 aromatic carbocycles. The summed E-state index contributed by atoms with van der Waals surface area (Å²) in [6, 6.07) is 6.90. The van der Waals surface area contributed by atoms with Crippen molar-refractivity contribution in [2.24, 2.45) is 0 Å². The number of nitrogens with one attached hydrogen (secondary N) is 2. The first kappa shape index (κ1) is 16.0. The molecule has 0 aliphatic rings. The minimum Gasteiger partial charge on any atom is -0.338 e. The molecule has 0 aromatic heterocycles. The quantitative estimate of drug-likeness (QED) is 0.761. The fourth-order valence-corrected chi connectivity index (χ4v) is 2.76. The van der Waals surface area contributed by atoms with Crippen molar-refractivity contribution >= 4 is 28.4 Å². The highest BCUT2D eigenvalue weighted by molar-refractivity contribution is 7.85. The van der Waals surface area contributed by atoms with Crippen LogP contribution in [0.3, 0.4) is 0 Å². The molecule has 4 nitrogen and oxygen atoms in total. The number of rotatable bonds is 7. The lowest BCUT2D eigenvalue weighted by molar-refractivity contribution is 0.241. The van der Waals surface area contributed by atoms with Gasteiger partial charge < -0.3 is 10.6 Å². The Balaban J connectivity index is 2.17. The summed E-state index contributed by atoms with van der Waals surface area (Å²) in [5.41, 5.74) is 0. The van der Waals surface area contributed by atoms with Crippen LogP contribution in [-0.4, -0.2) is 29.1 Å². The number of carbonyl (C=O) groups excluding carboxylic acids is 1. The Morgan fingerprint density at radius 3 is 2.53 bits per heavy atom. The van der Waals surface area contributed by atoms with Crippen LogP contribution in [0.1, 0.15) is 19.8 Å². The summed E-state index contributed by atoms with van der Waals surface area (Å²) in [4.78, 5) is 11.9. The van der Waals surface area contributed by atoms with Crippen molar-refractivity contribution < 1.29 is 9.00 Å². The molecule has 1 aromatic rings. The first-order valence-electron chi connectivity index (χ1n) is 6.29. The third kappa shape index (κ3) is 6.59. The number of halogens is 1. The van der Waals surface area contributed by atoms with E-state index in [1.165, 1.54) is 0 Å². The molecule has 19 heavy (non-hydrogen) atoms. The van der Waals surface area contributed by atoms with Gasteiger partial charge in [-0.2, -0.15) is 0 Å².